The lowest BCUT2D eigenvalue weighted by Crippen LogP contribution is -2.35. The van der Waals surface area contributed by atoms with Crippen molar-refractivity contribution >= 4 is 23.3 Å². The maximum Gasteiger partial charge on any atom is 0.174 e. The minimum atomic E-state index is 0.115. The molecule has 0 aliphatic heterocycles. The number of rotatable bonds is 5. The molecule has 114 valence electrons. The zero-order chi connectivity index (χ0) is 15.5. The van der Waals surface area contributed by atoms with Crippen LogP contribution in [0.3, 0.4) is 0 Å². The van der Waals surface area contributed by atoms with E-state index in [2.05, 4.69) is 67.5 Å². The third-order valence-corrected chi connectivity index (χ3v) is 4.90. The molecule has 0 aliphatic carbocycles. The summed E-state index contributed by atoms with van der Waals surface area (Å²) in [5.41, 5.74) is 2.73. The first-order valence-electron chi connectivity index (χ1n) is 7.22. The molecule has 0 atom stereocenters. The summed E-state index contributed by atoms with van der Waals surface area (Å²) >= 11 is 3.20. The normalized spacial score (nSPS) is 11.9. The Balaban J connectivity index is 2.17. The van der Waals surface area contributed by atoms with Gasteiger partial charge in [-0.25, -0.2) is 4.98 Å². The Bertz CT molecular complexity index is 600. The van der Waals surface area contributed by atoms with Crippen LogP contribution in [-0.2, 0) is 13.0 Å². The van der Waals surface area contributed by atoms with Gasteiger partial charge in [0.25, 0.3) is 0 Å². The van der Waals surface area contributed by atoms with Crippen molar-refractivity contribution in [3.05, 3.63) is 35.2 Å². The lowest BCUT2D eigenvalue weighted by molar-refractivity contribution is 0.422. The van der Waals surface area contributed by atoms with E-state index in [1.807, 2.05) is 0 Å². The first-order chi connectivity index (χ1) is 9.87. The maximum atomic E-state index is 4.55. The summed E-state index contributed by atoms with van der Waals surface area (Å²) in [7, 11) is 0. The highest BCUT2D eigenvalue weighted by atomic mass is 32.2. The molecule has 0 fully saturated rings. The van der Waals surface area contributed by atoms with Gasteiger partial charge in [-0.15, -0.1) is 0 Å². The average molecular weight is 322 g/mol. The molecule has 3 nitrogen and oxygen atoms in total. The first kappa shape index (κ1) is 16.5. The first-order valence-corrected chi connectivity index (χ1v) is 8.81. The minimum absolute atomic E-state index is 0.115. The highest BCUT2D eigenvalue weighted by Gasteiger charge is 2.12. The lowest BCUT2D eigenvalue weighted by atomic mass is 10.1. The predicted octanol–water partition coefficient (Wildman–Crippen LogP) is 4.45. The lowest BCUT2D eigenvalue weighted by Gasteiger charge is -2.21. The van der Waals surface area contributed by atoms with E-state index in [9.17, 15) is 0 Å². The Morgan fingerprint density at radius 3 is 2.67 bits per heavy atom. The monoisotopic (exact) mass is 321 g/mol. The van der Waals surface area contributed by atoms with Crippen molar-refractivity contribution in [2.24, 2.45) is 0 Å². The quantitative estimate of drug-likeness (QED) is 0.883. The number of aromatic nitrogens is 2. The molecule has 21 heavy (non-hydrogen) atoms. The molecular weight excluding hydrogens is 298 g/mol. The number of nitrogens with zero attached hydrogens (tertiary/aromatic N) is 2. The van der Waals surface area contributed by atoms with E-state index in [0.29, 0.717) is 0 Å². The maximum absolute atomic E-state index is 4.55. The van der Waals surface area contributed by atoms with Crippen molar-refractivity contribution in [1.82, 2.24) is 14.7 Å². The molecule has 2 rings (SSSR count). The summed E-state index contributed by atoms with van der Waals surface area (Å²) in [6.07, 6.45) is 0.892. The topological polar surface area (TPSA) is 37.8 Å². The summed E-state index contributed by atoms with van der Waals surface area (Å²) in [6.45, 7) is 11.7. The standard InChI is InChI=1S/C16H23N3S2/c1-6-14-18-15(21-19-14)20-13-8-7-11(2)9-12(13)10-17-16(3,4)5/h7-9,17H,6,10H2,1-5H3. The summed E-state index contributed by atoms with van der Waals surface area (Å²) in [4.78, 5) is 5.81. The molecule has 1 heterocycles. The van der Waals surface area contributed by atoms with E-state index in [0.717, 1.165) is 23.1 Å². The summed E-state index contributed by atoms with van der Waals surface area (Å²) in [5, 5.41) is 3.56. The van der Waals surface area contributed by atoms with Crippen LogP contribution in [0.25, 0.3) is 0 Å². The highest BCUT2D eigenvalue weighted by molar-refractivity contribution is 8.01. The third kappa shape index (κ3) is 5.09. The van der Waals surface area contributed by atoms with Crippen molar-refractivity contribution in [3.8, 4) is 0 Å². The van der Waals surface area contributed by atoms with Crippen LogP contribution in [-0.4, -0.2) is 14.9 Å². The Labute approximate surface area is 135 Å². The van der Waals surface area contributed by atoms with Gasteiger partial charge in [-0.3, -0.25) is 0 Å². The second-order valence-electron chi connectivity index (χ2n) is 6.15. The molecule has 0 radical (unpaired) electrons. The van der Waals surface area contributed by atoms with Gasteiger partial charge in [-0.2, -0.15) is 4.37 Å². The molecule has 0 spiro atoms. The SMILES string of the molecule is CCc1nsc(Sc2ccc(C)cc2CNC(C)(C)C)n1. The fourth-order valence-electron chi connectivity index (χ4n) is 1.82. The van der Waals surface area contributed by atoms with E-state index in [4.69, 9.17) is 0 Å². The molecule has 5 heteroatoms. The van der Waals surface area contributed by atoms with Gasteiger partial charge >= 0.3 is 0 Å². The number of benzene rings is 1. The molecule has 0 saturated heterocycles. The molecule has 0 bridgehead atoms. The van der Waals surface area contributed by atoms with Crippen molar-refractivity contribution in [3.63, 3.8) is 0 Å². The third-order valence-electron chi connectivity index (χ3n) is 2.99. The van der Waals surface area contributed by atoms with E-state index in [1.54, 1.807) is 11.8 Å². The average Bonchev–Trinajstić information content (AvgIpc) is 2.86. The van der Waals surface area contributed by atoms with Crippen LogP contribution in [0, 0.1) is 6.92 Å². The molecule has 0 aliphatic rings. The van der Waals surface area contributed by atoms with Gasteiger partial charge in [-0.1, -0.05) is 36.4 Å². The number of hydrogen-bond donors (Lipinski definition) is 1. The van der Waals surface area contributed by atoms with Crippen molar-refractivity contribution in [1.29, 1.82) is 0 Å². The largest absolute Gasteiger partial charge is 0.308 e. The van der Waals surface area contributed by atoms with Crippen molar-refractivity contribution in [2.75, 3.05) is 0 Å². The Kier molecular flexibility index (Phi) is 5.41. The van der Waals surface area contributed by atoms with Crippen LogP contribution in [0.5, 0.6) is 0 Å². The van der Waals surface area contributed by atoms with E-state index in [-0.39, 0.29) is 5.54 Å². The molecule has 1 N–H and O–H groups in total. The van der Waals surface area contributed by atoms with Gasteiger partial charge in [-0.05, 0) is 50.9 Å². The number of hydrogen-bond acceptors (Lipinski definition) is 5. The van der Waals surface area contributed by atoms with Crippen molar-refractivity contribution < 1.29 is 0 Å². The highest BCUT2D eigenvalue weighted by Crippen LogP contribution is 2.32. The molecule has 0 amide bonds. The Hall–Kier alpha value is -0.910. The molecular formula is C16H23N3S2. The summed E-state index contributed by atoms with van der Waals surface area (Å²) < 4.78 is 5.38. The minimum Gasteiger partial charge on any atom is -0.308 e. The van der Waals surface area contributed by atoms with Crippen LogP contribution in [0.2, 0.25) is 0 Å². The second kappa shape index (κ2) is 6.90. The molecule has 0 unspecified atom stereocenters. The Morgan fingerprint density at radius 1 is 1.29 bits per heavy atom. The molecule has 2 aromatic rings. The van der Waals surface area contributed by atoms with Gasteiger partial charge in [0, 0.05) is 23.4 Å². The summed E-state index contributed by atoms with van der Waals surface area (Å²) in [5.74, 6) is 0.934. The van der Waals surface area contributed by atoms with Crippen LogP contribution in [0.4, 0.5) is 0 Å². The fraction of sp³-hybridized carbons (Fsp3) is 0.500. The number of nitrogens with one attached hydrogen (secondary N) is 1. The van der Waals surface area contributed by atoms with Gasteiger partial charge in [0.15, 0.2) is 4.34 Å². The zero-order valence-corrected chi connectivity index (χ0v) is 15.0. The van der Waals surface area contributed by atoms with Gasteiger partial charge in [0.1, 0.15) is 5.82 Å². The van der Waals surface area contributed by atoms with Gasteiger partial charge in [0.05, 0.1) is 0 Å². The molecule has 0 saturated carbocycles. The summed E-state index contributed by atoms with van der Waals surface area (Å²) in [6, 6.07) is 6.60. The fourth-order valence-corrected chi connectivity index (χ4v) is 3.59. The van der Waals surface area contributed by atoms with Crippen LogP contribution < -0.4 is 5.32 Å². The smallest absolute Gasteiger partial charge is 0.174 e. The van der Waals surface area contributed by atoms with Crippen LogP contribution in [0.1, 0.15) is 44.6 Å². The molecule has 1 aromatic heterocycles. The number of aryl methyl sites for hydroxylation is 2. The molecule has 1 aromatic carbocycles. The van der Waals surface area contributed by atoms with Gasteiger partial charge in [0.2, 0.25) is 0 Å². The van der Waals surface area contributed by atoms with Crippen LogP contribution in [0.15, 0.2) is 27.4 Å². The van der Waals surface area contributed by atoms with Gasteiger partial charge < -0.3 is 5.32 Å². The second-order valence-corrected chi connectivity index (χ2v) is 8.19. The van der Waals surface area contributed by atoms with E-state index in [1.165, 1.54) is 27.6 Å². The Morgan fingerprint density at radius 2 is 2.05 bits per heavy atom. The van der Waals surface area contributed by atoms with Crippen LogP contribution >= 0.6 is 23.3 Å². The van der Waals surface area contributed by atoms with E-state index < -0.39 is 0 Å². The van der Waals surface area contributed by atoms with E-state index >= 15 is 0 Å². The zero-order valence-electron chi connectivity index (χ0n) is 13.4. The van der Waals surface area contributed by atoms with Crippen molar-refractivity contribution in [2.45, 2.75) is 62.4 Å². The predicted molar refractivity (Wildman–Crippen MR) is 91.2 cm³/mol.